The number of ether oxygens (including phenoxy) is 2. The highest BCUT2D eigenvalue weighted by Crippen LogP contribution is 2.16. The molecule has 1 fully saturated rings. The minimum absolute atomic E-state index is 0.193. The van der Waals surface area contributed by atoms with Gasteiger partial charge in [-0.05, 0) is 32.9 Å². The molecule has 2 rings (SSSR count). The molecule has 0 saturated carbocycles. The van der Waals surface area contributed by atoms with Crippen molar-refractivity contribution in [2.45, 2.75) is 32.9 Å². The summed E-state index contributed by atoms with van der Waals surface area (Å²) in [6, 6.07) is 4.35. The lowest BCUT2D eigenvalue weighted by molar-refractivity contribution is 0.0138. The molecule has 0 N–H and O–H groups in total. The third-order valence-electron chi connectivity index (χ3n) is 3.89. The van der Waals surface area contributed by atoms with E-state index in [0.29, 0.717) is 38.3 Å². The number of hydrogen-bond donors (Lipinski definition) is 0. The second kappa shape index (κ2) is 7.82. The summed E-state index contributed by atoms with van der Waals surface area (Å²) in [5.41, 5.74) is 0.190. The van der Waals surface area contributed by atoms with Crippen LogP contribution in [-0.4, -0.2) is 60.8 Å². The van der Waals surface area contributed by atoms with E-state index in [1.54, 1.807) is 17.0 Å². The standard InChI is InChI=1S/C18H25FN2O4/c1-18(2,3)25-17(23)21-9-7-20(8-10-21)12-14-6-5-13(11-15(14)19)16(22)24-4/h5-6,11H,7-10,12H2,1-4H3. The number of benzene rings is 1. The van der Waals surface area contributed by atoms with E-state index in [4.69, 9.17) is 4.74 Å². The zero-order chi connectivity index (χ0) is 18.6. The summed E-state index contributed by atoms with van der Waals surface area (Å²) in [6.45, 7) is 8.28. The maximum Gasteiger partial charge on any atom is 0.410 e. The number of amides is 1. The van der Waals surface area contributed by atoms with Crippen molar-refractivity contribution in [3.63, 3.8) is 0 Å². The maximum atomic E-state index is 14.2. The summed E-state index contributed by atoms with van der Waals surface area (Å²) in [5, 5.41) is 0. The van der Waals surface area contributed by atoms with E-state index in [2.05, 4.69) is 9.64 Å². The Morgan fingerprint density at radius 1 is 1.16 bits per heavy atom. The first-order valence-corrected chi connectivity index (χ1v) is 8.26. The molecular formula is C18H25FN2O4. The third kappa shape index (κ3) is 5.42. The van der Waals surface area contributed by atoms with E-state index in [1.165, 1.54) is 13.2 Å². The predicted octanol–water partition coefficient (Wildman–Crippen LogP) is 2.67. The minimum Gasteiger partial charge on any atom is -0.465 e. The van der Waals surface area contributed by atoms with Crippen molar-refractivity contribution in [3.05, 3.63) is 35.1 Å². The SMILES string of the molecule is COC(=O)c1ccc(CN2CCN(C(=O)OC(C)(C)C)CC2)c(F)c1. The molecule has 0 aromatic heterocycles. The number of nitrogens with zero attached hydrogens (tertiary/aromatic N) is 2. The molecule has 1 aliphatic heterocycles. The highest BCUT2D eigenvalue weighted by molar-refractivity contribution is 5.89. The first-order chi connectivity index (χ1) is 11.7. The van der Waals surface area contributed by atoms with Crippen LogP contribution in [0.15, 0.2) is 18.2 Å². The van der Waals surface area contributed by atoms with Crippen LogP contribution in [0.2, 0.25) is 0 Å². The second-order valence-corrected chi connectivity index (χ2v) is 7.04. The van der Waals surface area contributed by atoms with Crippen LogP contribution in [0.25, 0.3) is 0 Å². The number of hydrogen-bond acceptors (Lipinski definition) is 5. The molecule has 138 valence electrons. The summed E-state index contributed by atoms with van der Waals surface area (Å²) in [4.78, 5) is 27.2. The summed E-state index contributed by atoms with van der Waals surface area (Å²) in [5.74, 6) is -0.992. The Morgan fingerprint density at radius 2 is 1.80 bits per heavy atom. The lowest BCUT2D eigenvalue weighted by Crippen LogP contribution is -2.49. The number of carbonyl (C=O) groups is 2. The topological polar surface area (TPSA) is 59.1 Å². The Balaban J connectivity index is 1.90. The first kappa shape index (κ1) is 19.2. The van der Waals surface area contributed by atoms with Gasteiger partial charge in [0.1, 0.15) is 11.4 Å². The van der Waals surface area contributed by atoms with Crippen LogP contribution in [0.5, 0.6) is 0 Å². The summed E-state index contributed by atoms with van der Waals surface area (Å²) in [6.07, 6.45) is -0.319. The van der Waals surface area contributed by atoms with Gasteiger partial charge in [0, 0.05) is 38.3 Å². The molecular weight excluding hydrogens is 327 g/mol. The molecule has 1 aliphatic rings. The fraction of sp³-hybridized carbons (Fsp3) is 0.556. The van der Waals surface area contributed by atoms with Gasteiger partial charge in [-0.15, -0.1) is 0 Å². The van der Waals surface area contributed by atoms with Crippen LogP contribution >= 0.6 is 0 Å². The van der Waals surface area contributed by atoms with Crippen molar-refractivity contribution >= 4 is 12.1 Å². The smallest absolute Gasteiger partial charge is 0.410 e. The number of methoxy groups -OCH3 is 1. The van der Waals surface area contributed by atoms with Gasteiger partial charge in [-0.1, -0.05) is 6.07 Å². The molecule has 0 spiro atoms. The van der Waals surface area contributed by atoms with E-state index in [1.807, 2.05) is 20.8 Å². The average Bonchev–Trinajstić information content (AvgIpc) is 2.55. The van der Waals surface area contributed by atoms with Gasteiger partial charge in [-0.3, -0.25) is 4.90 Å². The molecule has 7 heteroatoms. The van der Waals surface area contributed by atoms with E-state index in [0.717, 1.165) is 0 Å². The molecule has 0 bridgehead atoms. The predicted molar refractivity (Wildman–Crippen MR) is 90.8 cm³/mol. The van der Waals surface area contributed by atoms with Crippen LogP contribution in [0, 0.1) is 5.82 Å². The molecule has 1 amide bonds. The fourth-order valence-corrected chi connectivity index (χ4v) is 2.58. The normalized spacial score (nSPS) is 15.8. The average molecular weight is 352 g/mol. The Kier molecular flexibility index (Phi) is 6.00. The van der Waals surface area contributed by atoms with Gasteiger partial charge in [-0.2, -0.15) is 0 Å². The van der Waals surface area contributed by atoms with Crippen molar-refractivity contribution in [1.82, 2.24) is 9.80 Å². The number of esters is 1. The van der Waals surface area contributed by atoms with Crippen LogP contribution < -0.4 is 0 Å². The van der Waals surface area contributed by atoms with Gasteiger partial charge in [0.2, 0.25) is 0 Å². The van der Waals surface area contributed by atoms with Crippen LogP contribution in [0.3, 0.4) is 0 Å². The molecule has 25 heavy (non-hydrogen) atoms. The van der Waals surface area contributed by atoms with Crippen molar-refractivity contribution in [1.29, 1.82) is 0 Å². The maximum absolute atomic E-state index is 14.2. The van der Waals surface area contributed by atoms with Crippen LogP contribution in [0.4, 0.5) is 9.18 Å². The number of halogens is 1. The van der Waals surface area contributed by atoms with Gasteiger partial charge >= 0.3 is 12.1 Å². The van der Waals surface area contributed by atoms with Gasteiger partial charge in [0.05, 0.1) is 12.7 Å². The van der Waals surface area contributed by atoms with Crippen molar-refractivity contribution in [2.75, 3.05) is 33.3 Å². The number of rotatable bonds is 3. The Labute approximate surface area is 147 Å². The molecule has 1 saturated heterocycles. The van der Waals surface area contributed by atoms with E-state index in [9.17, 15) is 14.0 Å². The molecule has 0 atom stereocenters. The highest BCUT2D eigenvalue weighted by atomic mass is 19.1. The van der Waals surface area contributed by atoms with Crippen molar-refractivity contribution in [2.24, 2.45) is 0 Å². The van der Waals surface area contributed by atoms with Crippen LogP contribution in [-0.2, 0) is 16.0 Å². The molecule has 6 nitrogen and oxygen atoms in total. The van der Waals surface area contributed by atoms with Gasteiger partial charge in [-0.25, -0.2) is 14.0 Å². The Morgan fingerprint density at radius 3 is 2.32 bits per heavy atom. The lowest BCUT2D eigenvalue weighted by Gasteiger charge is -2.35. The second-order valence-electron chi connectivity index (χ2n) is 7.04. The van der Waals surface area contributed by atoms with Crippen molar-refractivity contribution < 1.29 is 23.5 Å². The van der Waals surface area contributed by atoms with E-state index in [-0.39, 0.29) is 11.7 Å². The first-order valence-electron chi connectivity index (χ1n) is 8.26. The number of piperazine rings is 1. The zero-order valence-electron chi connectivity index (χ0n) is 15.2. The van der Waals surface area contributed by atoms with Gasteiger partial charge in [0.15, 0.2) is 0 Å². The Bertz CT molecular complexity index is 634. The molecule has 0 radical (unpaired) electrons. The summed E-state index contributed by atoms with van der Waals surface area (Å²) in [7, 11) is 1.26. The van der Waals surface area contributed by atoms with E-state index < -0.39 is 17.4 Å². The summed E-state index contributed by atoms with van der Waals surface area (Å²) >= 11 is 0. The molecule has 0 unspecified atom stereocenters. The van der Waals surface area contributed by atoms with Crippen LogP contribution in [0.1, 0.15) is 36.7 Å². The van der Waals surface area contributed by atoms with Crippen molar-refractivity contribution in [3.8, 4) is 0 Å². The quantitative estimate of drug-likeness (QED) is 0.783. The Hall–Kier alpha value is -2.15. The molecule has 1 heterocycles. The molecule has 1 aromatic carbocycles. The minimum atomic E-state index is -0.559. The third-order valence-corrected chi connectivity index (χ3v) is 3.89. The van der Waals surface area contributed by atoms with Gasteiger partial charge < -0.3 is 14.4 Å². The molecule has 1 aromatic rings. The van der Waals surface area contributed by atoms with E-state index >= 15 is 0 Å². The molecule has 0 aliphatic carbocycles. The monoisotopic (exact) mass is 352 g/mol. The largest absolute Gasteiger partial charge is 0.465 e. The number of carbonyl (C=O) groups excluding carboxylic acids is 2. The fourth-order valence-electron chi connectivity index (χ4n) is 2.58. The van der Waals surface area contributed by atoms with Gasteiger partial charge in [0.25, 0.3) is 0 Å². The lowest BCUT2D eigenvalue weighted by atomic mass is 10.1. The zero-order valence-corrected chi connectivity index (χ0v) is 15.2. The highest BCUT2D eigenvalue weighted by Gasteiger charge is 2.26. The summed E-state index contributed by atoms with van der Waals surface area (Å²) < 4.78 is 24.1.